The van der Waals surface area contributed by atoms with E-state index in [0.717, 1.165) is 4.70 Å². The second-order valence-electron chi connectivity index (χ2n) is 9.79. The molecule has 0 bridgehead atoms. The first-order chi connectivity index (χ1) is 17.8. The maximum atomic E-state index is 13.1. The van der Waals surface area contributed by atoms with Crippen LogP contribution < -0.4 is 10.2 Å². The lowest BCUT2D eigenvalue weighted by Crippen LogP contribution is -2.47. The van der Waals surface area contributed by atoms with Crippen molar-refractivity contribution in [1.29, 1.82) is 5.26 Å². The number of nitrogens with one attached hydrogen (secondary N) is 1. The van der Waals surface area contributed by atoms with Crippen LogP contribution in [0.2, 0.25) is 0 Å². The fourth-order valence-electron chi connectivity index (χ4n) is 4.35. The van der Waals surface area contributed by atoms with Crippen molar-refractivity contribution >= 4 is 45.1 Å². The molecule has 200 valence electrons. The number of amides is 2. The summed E-state index contributed by atoms with van der Waals surface area (Å²) < 4.78 is 6.18. The van der Waals surface area contributed by atoms with Gasteiger partial charge in [0.05, 0.1) is 16.8 Å². The van der Waals surface area contributed by atoms with Gasteiger partial charge >= 0.3 is 6.09 Å². The number of Topliss-reactive ketones (excluding diaryl/α,β-unsaturated/α-hetero) is 2. The molecule has 0 saturated heterocycles. The lowest BCUT2D eigenvalue weighted by atomic mass is 9.71. The smallest absolute Gasteiger partial charge is 0.409 e. The Morgan fingerprint density at radius 2 is 1.76 bits per heavy atom. The Morgan fingerprint density at radius 1 is 1.11 bits per heavy atom. The molecule has 1 aromatic heterocycles. The van der Waals surface area contributed by atoms with Gasteiger partial charge in [-0.3, -0.25) is 14.4 Å². The van der Waals surface area contributed by atoms with Gasteiger partial charge in [-0.15, -0.1) is 11.3 Å². The van der Waals surface area contributed by atoms with Crippen LogP contribution >= 0.6 is 11.3 Å². The minimum absolute atomic E-state index is 0.0189. The van der Waals surface area contributed by atoms with Gasteiger partial charge < -0.3 is 9.64 Å². The molecule has 0 atom stereocenters. The van der Waals surface area contributed by atoms with E-state index >= 15 is 0 Å². The molecule has 0 aliphatic heterocycles. The standard InChI is InChI=1S/C27H31N5O5S/c1-15-16(2)25(35)23(17(3)24(15)34)27(4,5)13-22(33)31(7)10-11-32(29-6)26(36)37-18-8-9-19-20(12-18)38-21(14-28)30-19/h8-9,12,29H,10-11,13H2,1-7H3. The van der Waals surface area contributed by atoms with Gasteiger partial charge in [0.1, 0.15) is 11.8 Å². The number of ether oxygens (including phenoxy) is 1. The van der Waals surface area contributed by atoms with Crippen LogP contribution in [-0.4, -0.2) is 65.6 Å². The Labute approximate surface area is 225 Å². The third-order valence-corrected chi connectivity index (χ3v) is 7.61. The SMILES string of the molecule is CNN(CCN(C)C(=O)CC(C)(C)C1=C(C)C(=O)C(C)=C(C)C1=O)C(=O)Oc1ccc2nc(C#N)sc2c1. The number of hydrogen-bond acceptors (Lipinski definition) is 9. The third-order valence-electron chi connectivity index (χ3n) is 6.69. The molecule has 38 heavy (non-hydrogen) atoms. The second kappa shape index (κ2) is 11.2. The molecule has 11 heteroatoms. The first-order valence-electron chi connectivity index (χ1n) is 12.0. The summed E-state index contributed by atoms with van der Waals surface area (Å²) >= 11 is 1.20. The normalized spacial score (nSPS) is 14.2. The van der Waals surface area contributed by atoms with E-state index in [4.69, 9.17) is 10.00 Å². The average Bonchev–Trinajstić information content (AvgIpc) is 3.28. The van der Waals surface area contributed by atoms with Gasteiger partial charge in [0, 0.05) is 60.8 Å². The number of fused-ring (bicyclic) bond motifs is 1. The van der Waals surface area contributed by atoms with Crippen LogP contribution in [0.4, 0.5) is 4.79 Å². The molecule has 0 radical (unpaired) electrons. The molecule has 2 aromatic rings. The number of aromatic nitrogens is 1. The van der Waals surface area contributed by atoms with Crippen LogP contribution in [0.3, 0.4) is 0 Å². The molecule has 1 N–H and O–H groups in total. The minimum atomic E-state index is -0.855. The summed E-state index contributed by atoms with van der Waals surface area (Å²) in [4.78, 5) is 57.0. The van der Waals surface area contributed by atoms with Crippen molar-refractivity contribution in [2.75, 3.05) is 27.2 Å². The number of allylic oxidation sites excluding steroid dienone is 4. The van der Waals surface area contributed by atoms with E-state index < -0.39 is 11.5 Å². The number of thiazole rings is 1. The summed E-state index contributed by atoms with van der Waals surface area (Å²) in [6, 6.07) is 6.91. The number of carbonyl (C=O) groups excluding carboxylic acids is 4. The average molecular weight is 538 g/mol. The zero-order valence-electron chi connectivity index (χ0n) is 22.6. The molecular formula is C27H31N5O5S. The molecule has 0 spiro atoms. The van der Waals surface area contributed by atoms with Crippen LogP contribution in [0, 0.1) is 16.7 Å². The number of rotatable bonds is 8. The van der Waals surface area contributed by atoms with E-state index in [-0.39, 0.29) is 37.0 Å². The number of nitrogens with zero attached hydrogens (tertiary/aromatic N) is 4. The lowest BCUT2D eigenvalue weighted by molar-refractivity contribution is -0.132. The van der Waals surface area contributed by atoms with Crippen LogP contribution in [0.5, 0.6) is 5.75 Å². The van der Waals surface area contributed by atoms with Crippen molar-refractivity contribution in [2.45, 2.75) is 41.0 Å². The molecule has 1 aliphatic rings. The van der Waals surface area contributed by atoms with Crippen molar-refractivity contribution in [1.82, 2.24) is 20.3 Å². The van der Waals surface area contributed by atoms with E-state index in [1.165, 1.54) is 21.2 Å². The summed E-state index contributed by atoms with van der Waals surface area (Å²) in [5.41, 5.74) is 4.15. The maximum absolute atomic E-state index is 13.1. The zero-order valence-corrected chi connectivity index (χ0v) is 23.4. The molecule has 10 nitrogen and oxygen atoms in total. The number of benzene rings is 1. The van der Waals surface area contributed by atoms with Gasteiger partial charge in [0.2, 0.25) is 5.91 Å². The maximum Gasteiger partial charge on any atom is 0.429 e. The highest BCUT2D eigenvalue weighted by Crippen LogP contribution is 2.39. The number of nitriles is 1. The van der Waals surface area contributed by atoms with Crippen LogP contribution in [0.25, 0.3) is 10.2 Å². The highest BCUT2D eigenvalue weighted by Gasteiger charge is 2.38. The summed E-state index contributed by atoms with van der Waals surface area (Å²) in [7, 11) is 3.18. The van der Waals surface area contributed by atoms with Crippen molar-refractivity contribution in [3.05, 3.63) is 45.5 Å². The predicted molar refractivity (Wildman–Crippen MR) is 143 cm³/mol. The summed E-state index contributed by atoms with van der Waals surface area (Å²) in [5, 5.41) is 10.6. The highest BCUT2D eigenvalue weighted by atomic mass is 32.1. The van der Waals surface area contributed by atoms with Gasteiger partial charge in [0.15, 0.2) is 16.6 Å². The summed E-state index contributed by atoms with van der Waals surface area (Å²) in [6.07, 6.45) is -0.645. The molecule has 0 fully saturated rings. The number of hydrogen-bond donors (Lipinski definition) is 1. The quantitative estimate of drug-likeness (QED) is 0.397. The van der Waals surface area contributed by atoms with Crippen LogP contribution in [0.15, 0.2) is 40.5 Å². The number of hydrazine groups is 1. The molecule has 3 rings (SSSR count). The van der Waals surface area contributed by atoms with Gasteiger partial charge in [-0.05, 0) is 32.9 Å². The van der Waals surface area contributed by atoms with Crippen molar-refractivity contribution in [3.8, 4) is 11.8 Å². The monoisotopic (exact) mass is 537 g/mol. The molecule has 0 saturated carbocycles. The zero-order chi connectivity index (χ0) is 28.4. The first-order valence-corrected chi connectivity index (χ1v) is 12.8. The van der Waals surface area contributed by atoms with Gasteiger partial charge in [-0.1, -0.05) is 13.8 Å². The van der Waals surface area contributed by atoms with Crippen molar-refractivity contribution in [3.63, 3.8) is 0 Å². The van der Waals surface area contributed by atoms with E-state index in [0.29, 0.717) is 38.6 Å². The van der Waals surface area contributed by atoms with Crippen LogP contribution in [0.1, 0.15) is 46.0 Å². The topological polar surface area (TPSA) is 133 Å². The van der Waals surface area contributed by atoms with E-state index in [9.17, 15) is 19.2 Å². The highest BCUT2D eigenvalue weighted by molar-refractivity contribution is 7.19. The lowest BCUT2D eigenvalue weighted by Gasteiger charge is -2.33. The Hall–Kier alpha value is -3.88. The van der Waals surface area contributed by atoms with Crippen molar-refractivity contribution < 1.29 is 23.9 Å². The predicted octanol–water partition coefficient (Wildman–Crippen LogP) is 3.78. The summed E-state index contributed by atoms with van der Waals surface area (Å²) in [5.74, 6) is -0.302. The molecule has 1 heterocycles. The fourth-order valence-corrected chi connectivity index (χ4v) is 5.14. The van der Waals surface area contributed by atoms with E-state index in [1.54, 1.807) is 66.9 Å². The Bertz CT molecular complexity index is 1430. The molecule has 1 aromatic carbocycles. The Kier molecular flexibility index (Phi) is 8.49. The molecular weight excluding hydrogens is 506 g/mol. The number of likely N-dealkylation sites (N-methyl/N-ethyl adjacent to an activating group) is 1. The third kappa shape index (κ3) is 5.82. The number of ketones is 2. The molecule has 2 amide bonds. The van der Waals surface area contributed by atoms with Crippen LogP contribution in [-0.2, 0) is 14.4 Å². The molecule has 1 aliphatic carbocycles. The van der Waals surface area contributed by atoms with Gasteiger partial charge in [0.25, 0.3) is 0 Å². The largest absolute Gasteiger partial charge is 0.429 e. The minimum Gasteiger partial charge on any atom is -0.409 e. The Balaban J connectivity index is 1.62. The van der Waals surface area contributed by atoms with Crippen molar-refractivity contribution in [2.24, 2.45) is 5.41 Å². The second-order valence-corrected chi connectivity index (χ2v) is 10.8. The fraction of sp³-hybridized carbons (Fsp3) is 0.407. The van der Waals surface area contributed by atoms with Gasteiger partial charge in [-0.2, -0.15) is 5.26 Å². The first kappa shape index (κ1) is 28.7. The Morgan fingerprint density at radius 3 is 2.39 bits per heavy atom. The van der Waals surface area contributed by atoms with E-state index in [2.05, 4.69) is 10.4 Å². The van der Waals surface area contributed by atoms with Gasteiger partial charge in [-0.25, -0.2) is 20.2 Å². The molecule has 0 unspecified atom stereocenters. The van der Waals surface area contributed by atoms with E-state index in [1.807, 2.05) is 6.07 Å². The number of carbonyl (C=O) groups is 4. The summed E-state index contributed by atoms with van der Waals surface area (Å²) in [6.45, 7) is 8.82.